The van der Waals surface area contributed by atoms with Gasteiger partial charge in [-0.25, -0.2) is 9.18 Å². The molecule has 6 heteroatoms. The Hall–Kier alpha value is -2.89. The van der Waals surface area contributed by atoms with E-state index < -0.39 is 24.3 Å². The number of aromatic hydroxyl groups is 1. The predicted octanol–water partition coefficient (Wildman–Crippen LogP) is 2.94. The minimum absolute atomic E-state index is 0.0141. The molecule has 1 amide bonds. The Bertz CT molecular complexity index is 758. The van der Waals surface area contributed by atoms with E-state index in [0.29, 0.717) is 16.8 Å². The van der Waals surface area contributed by atoms with E-state index >= 15 is 0 Å². The maximum absolute atomic E-state index is 13.2. The van der Waals surface area contributed by atoms with Crippen LogP contribution in [0.2, 0.25) is 0 Å². The summed E-state index contributed by atoms with van der Waals surface area (Å²) in [6, 6.07) is 8.64. The highest BCUT2D eigenvalue weighted by Gasteiger charge is 2.15. The van der Waals surface area contributed by atoms with Gasteiger partial charge in [0.2, 0.25) is 0 Å². The number of phenols is 1. The Labute approximate surface area is 132 Å². The molecule has 5 nitrogen and oxygen atoms in total. The number of benzene rings is 2. The third-order valence-corrected chi connectivity index (χ3v) is 3.27. The van der Waals surface area contributed by atoms with Crippen LogP contribution in [0.1, 0.15) is 21.5 Å². The number of amides is 1. The summed E-state index contributed by atoms with van der Waals surface area (Å²) in [7, 11) is 0. The first-order chi connectivity index (χ1) is 10.9. The van der Waals surface area contributed by atoms with Crippen LogP contribution in [-0.2, 0) is 9.53 Å². The monoisotopic (exact) mass is 317 g/mol. The molecular formula is C17H16FNO4. The molecule has 0 bridgehead atoms. The third kappa shape index (κ3) is 4.06. The molecule has 0 unspecified atom stereocenters. The lowest BCUT2D eigenvalue weighted by molar-refractivity contribution is -0.119. The molecule has 2 rings (SSSR count). The van der Waals surface area contributed by atoms with Crippen LogP contribution in [0.25, 0.3) is 0 Å². The molecule has 0 spiro atoms. The summed E-state index contributed by atoms with van der Waals surface area (Å²) in [4.78, 5) is 23.7. The first kappa shape index (κ1) is 16.5. The summed E-state index contributed by atoms with van der Waals surface area (Å²) in [6.45, 7) is 2.82. The van der Waals surface area contributed by atoms with Gasteiger partial charge in [-0.15, -0.1) is 0 Å². The molecule has 0 heterocycles. The van der Waals surface area contributed by atoms with Gasteiger partial charge in [-0.3, -0.25) is 4.79 Å². The molecule has 23 heavy (non-hydrogen) atoms. The molecule has 0 atom stereocenters. The SMILES string of the molecule is Cc1ccc(F)cc1NC(=O)COC(=O)c1cccc(C)c1O. The molecule has 0 radical (unpaired) electrons. The Morgan fingerprint density at radius 2 is 1.91 bits per heavy atom. The van der Waals surface area contributed by atoms with E-state index in [9.17, 15) is 19.1 Å². The summed E-state index contributed by atoms with van der Waals surface area (Å²) >= 11 is 0. The van der Waals surface area contributed by atoms with Crippen molar-refractivity contribution >= 4 is 17.6 Å². The number of phenolic OH excluding ortho intramolecular Hbond substituents is 1. The van der Waals surface area contributed by atoms with Gasteiger partial charge in [-0.05, 0) is 43.2 Å². The highest BCUT2D eigenvalue weighted by atomic mass is 19.1. The van der Waals surface area contributed by atoms with Crippen molar-refractivity contribution in [1.29, 1.82) is 0 Å². The number of carbonyl (C=O) groups excluding carboxylic acids is 2. The minimum atomic E-state index is -0.808. The van der Waals surface area contributed by atoms with E-state index in [-0.39, 0.29) is 11.3 Å². The Kier molecular flexibility index (Phi) is 4.95. The normalized spacial score (nSPS) is 10.2. The first-order valence-electron chi connectivity index (χ1n) is 6.90. The van der Waals surface area contributed by atoms with E-state index in [0.717, 1.165) is 0 Å². The van der Waals surface area contributed by atoms with Gasteiger partial charge >= 0.3 is 5.97 Å². The van der Waals surface area contributed by atoms with Gasteiger partial charge < -0.3 is 15.2 Å². The Morgan fingerprint density at radius 3 is 2.65 bits per heavy atom. The quantitative estimate of drug-likeness (QED) is 0.850. The lowest BCUT2D eigenvalue weighted by Crippen LogP contribution is -2.21. The number of ether oxygens (including phenoxy) is 1. The molecule has 2 N–H and O–H groups in total. The number of para-hydroxylation sites is 1. The van der Waals surface area contributed by atoms with Gasteiger partial charge in [0.1, 0.15) is 17.1 Å². The highest BCUT2D eigenvalue weighted by Crippen LogP contribution is 2.22. The average Bonchev–Trinajstić information content (AvgIpc) is 2.51. The van der Waals surface area contributed by atoms with E-state index in [1.54, 1.807) is 26.0 Å². The van der Waals surface area contributed by atoms with Crippen molar-refractivity contribution in [2.45, 2.75) is 13.8 Å². The van der Waals surface area contributed by atoms with Crippen LogP contribution in [0.5, 0.6) is 5.75 Å². The summed E-state index contributed by atoms with van der Waals surface area (Å²) in [5, 5.41) is 12.3. The van der Waals surface area contributed by atoms with Crippen LogP contribution in [-0.4, -0.2) is 23.6 Å². The fourth-order valence-corrected chi connectivity index (χ4v) is 1.95. The molecule has 0 saturated carbocycles. The van der Waals surface area contributed by atoms with E-state index in [4.69, 9.17) is 4.74 Å². The molecule has 2 aromatic rings. The molecule has 0 fully saturated rings. The van der Waals surface area contributed by atoms with Crippen LogP contribution in [0.15, 0.2) is 36.4 Å². The molecule has 2 aromatic carbocycles. The number of rotatable bonds is 4. The average molecular weight is 317 g/mol. The van der Waals surface area contributed by atoms with Crippen LogP contribution in [0.3, 0.4) is 0 Å². The van der Waals surface area contributed by atoms with E-state index in [2.05, 4.69) is 5.32 Å². The second kappa shape index (κ2) is 6.91. The first-order valence-corrected chi connectivity index (χ1v) is 6.90. The van der Waals surface area contributed by atoms with Crippen LogP contribution >= 0.6 is 0 Å². The van der Waals surface area contributed by atoms with Gasteiger partial charge in [0.25, 0.3) is 5.91 Å². The van der Waals surface area contributed by atoms with E-state index in [1.807, 2.05) is 0 Å². The standard InChI is InChI=1S/C17H16FNO4/c1-10-6-7-12(18)8-14(10)19-15(20)9-23-17(22)13-5-3-4-11(2)16(13)21/h3-8,21H,9H2,1-2H3,(H,19,20). The predicted molar refractivity (Wildman–Crippen MR) is 82.9 cm³/mol. The number of carbonyl (C=O) groups is 2. The summed E-state index contributed by atoms with van der Waals surface area (Å²) < 4.78 is 18.0. The Balaban J connectivity index is 1.98. The summed E-state index contributed by atoms with van der Waals surface area (Å²) in [6.07, 6.45) is 0. The van der Waals surface area contributed by atoms with E-state index in [1.165, 1.54) is 24.3 Å². The number of aryl methyl sites for hydroxylation is 2. The molecule has 120 valence electrons. The number of hydrogen-bond donors (Lipinski definition) is 2. The smallest absolute Gasteiger partial charge is 0.342 e. The number of halogens is 1. The number of anilines is 1. The molecule has 0 aliphatic heterocycles. The van der Waals surface area contributed by atoms with Gasteiger partial charge in [-0.1, -0.05) is 18.2 Å². The fraction of sp³-hybridized carbons (Fsp3) is 0.176. The third-order valence-electron chi connectivity index (χ3n) is 3.27. The molecule has 0 aliphatic rings. The second-order valence-electron chi connectivity index (χ2n) is 5.05. The second-order valence-corrected chi connectivity index (χ2v) is 5.05. The topological polar surface area (TPSA) is 75.6 Å². The van der Waals surface area contributed by atoms with Crippen molar-refractivity contribution in [2.75, 3.05) is 11.9 Å². The van der Waals surface area contributed by atoms with Gasteiger partial charge in [0.05, 0.1) is 0 Å². The minimum Gasteiger partial charge on any atom is -0.507 e. The fourth-order valence-electron chi connectivity index (χ4n) is 1.95. The van der Waals surface area contributed by atoms with Crippen molar-refractivity contribution in [3.63, 3.8) is 0 Å². The van der Waals surface area contributed by atoms with Crippen molar-refractivity contribution in [3.05, 3.63) is 58.9 Å². The molecule has 0 saturated heterocycles. The van der Waals surface area contributed by atoms with Crippen molar-refractivity contribution in [3.8, 4) is 5.75 Å². The van der Waals surface area contributed by atoms with Crippen LogP contribution in [0, 0.1) is 19.7 Å². The van der Waals surface area contributed by atoms with Gasteiger partial charge in [0.15, 0.2) is 6.61 Å². The highest BCUT2D eigenvalue weighted by molar-refractivity contribution is 5.97. The van der Waals surface area contributed by atoms with Gasteiger partial charge in [0, 0.05) is 5.69 Å². The molecular weight excluding hydrogens is 301 g/mol. The number of esters is 1. The summed E-state index contributed by atoms with van der Waals surface area (Å²) in [5.74, 6) is -2.07. The lowest BCUT2D eigenvalue weighted by atomic mass is 10.1. The maximum atomic E-state index is 13.2. The van der Waals surface area contributed by atoms with Crippen LogP contribution < -0.4 is 5.32 Å². The van der Waals surface area contributed by atoms with Crippen molar-refractivity contribution in [2.24, 2.45) is 0 Å². The van der Waals surface area contributed by atoms with Crippen molar-refractivity contribution < 1.29 is 23.8 Å². The zero-order valence-corrected chi connectivity index (χ0v) is 12.7. The Morgan fingerprint density at radius 1 is 1.17 bits per heavy atom. The van der Waals surface area contributed by atoms with Crippen LogP contribution in [0.4, 0.5) is 10.1 Å². The zero-order valence-electron chi connectivity index (χ0n) is 12.7. The summed E-state index contributed by atoms with van der Waals surface area (Å²) in [5.41, 5.74) is 1.51. The van der Waals surface area contributed by atoms with Gasteiger partial charge in [-0.2, -0.15) is 0 Å². The zero-order chi connectivity index (χ0) is 17.0. The number of nitrogens with one attached hydrogen (secondary N) is 1. The van der Waals surface area contributed by atoms with Crippen molar-refractivity contribution in [1.82, 2.24) is 0 Å². The number of hydrogen-bond acceptors (Lipinski definition) is 4. The molecule has 0 aliphatic carbocycles. The maximum Gasteiger partial charge on any atom is 0.342 e. The molecule has 0 aromatic heterocycles. The lowest BCUT2D eigenvalue weighted by Gasteiger charge is -2.10. The largest absolute Gasteiger partial charge is 0.507 e.